The Balaban J connectivity index is 1.62. The van der Waals surface area contributed by atoms with Crippen LogP contribution in [0.3, 0.4) is 0 Å². The van der Waals surface area contributed by atoms with Crippen LogP contribution in [0, 0.1) is 17.0 Å². The van der Waals surface area contributed by atoms with Gasteiger partial charge in [-0.2, -0.15) is 0 Å². The first-order valence-corrected chi connectivity index (χ1v) is 10.9. The molecule has 0 radical (unpaired) electrons. The van der Waals surface area contributed by atoms with Gasteiger partial charge in [0.1, 0.15) is 5.75 Å². The standard InChI is InChI=1S/C24H23N3O5S/c1-15-13-19(27(30)31)9-12-22(15)26-23(28)16(2)33-21-6-4-5-18(14-21)25-24(29)17-7-10-20(32-3)11-8-17/h4-14,16H,1-3H3,(H,25,29)(H,26,28). The van der Waals surface area contributed by atoms with Gasteiger partial charge < -0.3 is 15.4 Å². The second kappa shape index (κ2) is 10.6. The molecule has 0 saturated carbocycles. The molecule has 1 unspecified atom stereocenters. The third-order valence-corrected chi connectivity index (χ3v) is 5.90. The van der Waals surface area contributed by atoms with Gasteiger partial charge in [0.2, 0.25) is 5.91 Å². The van der Waals surface area contributed by atoms with E-state index in [0.717, 1.165) is 4.90 Å². The van der Waals surface area contributed by atoms with E-state index in [1.165, 1.54) is 30.0 Å². The molecular formula is C24H23N3O5S. The number of nitro benzene ring substituents is 1. The van der Waals surface area contributed by atoms with Crippen molar-refractivity contribution in [2.45, 2.75) is 24.0 Å². The Kier molecular flexibility index (Phi) is 7.68. The van der Waals surface area contributed by atoms with Crippen LogP contribution in [-0.2, 0) is 4.79 Å². The molecule has 170 valence electrons. The zero-order chi connectivity index (χ0) is 24.0. The quantitative estimate of drug-likeness (QED) is 0.266. The first-order valence-electron chi connectivity index (χ1n) is 10.0. The highest BCUT2D eigenvalue weighted by Crippen LogP contribution is 2.28. The number of nitro groups is 1. The summed E-state index contributed by atoms with van der Waals surface area (Å²) < 4.78 is 5.10. The van der Waals surface area contributed by atoms with E-state index in [0.29, 0.717) is 28.3 Å². The number of hydrogen-bond donors (Lipinski definition) is 2. The van der Waals surface area contributed by atoms with E-state index in [1.54, 1.807) is 63.4 Å². The summed E-state index contributed by atoms with van der Waals surface area (Å²) in [5.74, 6) is 0.185. The molecule has 3 rings (SSSR count). The van der Waals surface area contributed by atoms with Crippen LogP contribution in [0.5, 0.6) is 5.75 Å². The highest BCUT2D eigenvalue weighted by molar-refractivity contribution is 8.00. The number of rotatable bonds is 8. The Bertz CT molecular complexity index is 1180. The monoisotopic (exact) mass is 465 g/mol. The number of nitrogens with zero attached hydrogens (tertiary/aromatic N) is 1. The largest absolute Gasteiger partial charge is 0.497 e. The lowest BCUT2D eigenvalue weighted by molar-refractivity contribution is -0.384. The minimum Gasteiger partial charge on any atom is -0.497 e. The molecule has 0 aliphatic carbocycles. The highest BCUT2D eigenvalue weighted by Gasteiger charge is 2.17. The van der Waals surface area contributed by atoms with Crippen LogP contribution in [0.2, 0.25) is 0 Å². The molecule has 0 heterocycles. The highest BCUT2D eigenvalue weighted by atomic mass is 32.2. The van der Waals surface area contributed by atoms with Crippen molar-refractivity contribution in [3.05, 3.63) is 88.0 Å². The molecule has 0 saturated heterocycles. The lowest BCUT2D eigenvalue weighted by atomic mass is 10.2. The van der Waals surface area contributed by atoms with Crippen LogP contribution < -0.4 is 15.4 Å². The summed E-state index contributed by atoms with van der Waals surface area (Å²) in [7, 11) is 1.56. The SMILES string of the molecule is COc1ccc(C(=O)Nc2cccc(SC(C)C(=O)Nc3ccc([N+](=O)[O-])cc3C)c2)cc1. The predicted octanol–water partition coefficient (Wildman–Crippen LogP) is 5.28. The van der Waals surface area contributed by atoms with Crippen LogP contribution in [0.15, 0.2) is 71.6 Å². The maximum atomic E-state index is 12.6. The molecule has 0 spiro atoms. The molecule has 1 atom stereocenters. The van der Waals surface area contributed by atoms with Crippen LogP contribution in [0.25, 0.3) is 0 Å². The first-order chi connectivity index (χ1) is 15.8. The fourth-order valence-electron chi connectivity index (χ4n) is 2.99. The van der Waals surface area contributed by atoms with Gasteiger partial charge in [0.25, 0.3) is 11.6 Å². The summed E-state index contributed by atoms with van der Waals surface area (Å²) in [4.78, 5) is 36.4. The average Bonchev–Trinajstić information content (AvgIpc) is 2.80. The number of carbonyl (C=O) groups is 2. The number of methoxy groups -OCH3 is 1. The fraction of sp³-hybridized carbons (Fsp3) is 0.167. The van der Waals surface area contributed by atoms with Gasteiger partial charge in [-0.25, -0.2) is 0 Å². The number of amides is 2. The molecule has 0 fully saturated rings. The summed E-state index contributed by atoms with van der Waals surface area (Å²) in [6.07, 6.45) is 0. The molecule has 3 aromatic carbocycles. The van der Waals surface area contributed by atoms with E-state index >= 15 is 0 Å². The molecule has 2 amide bonds. The zero-order valence-corrected chi connectivity index (χ0v) is 19.1. The second-order valence-electron chi connectivity index (χ2n) is 7.22. The van der Waals surface area contributed by atoms with Crippen LogP contribution in [-0.4, -0.2) is 29.1 Å². The van der Waals surface area contributed by atoms with Gasteiger partial charge in [-0.15, -0.1) is 11.8 Å². The van der Waals surface area contributed by atoms with Crippen molar-refractivity contribution in [2.24, 2.45) is 0 Å². The number of thioether (sulfide) groups is 1. The van der Waals surface area contributed by atoms with Gasteiger partial charge in [0.05, 0.1) is 17.3 Å². The topological polar surface area (TPSA) is 111 Å². The number of aryl methyl sites for hydroxylation is 1. The molecular weight excluding hydrogens is 442 g/mol. The normalized spacial score (nSPS) is 11.4. The molecule has 33 heavy (non-hydrogen) atoms. The van der Waals surface area contributed by atoms with E-state index in [-0.39, 0.29) is 17.5 Å². The van der Waals surface area contributed by atoms with E-state index in [1.807, 2.05) is 6.07 Å². The molecule has 0 bridgehead atoms. The second-order valence-corrected chi connectivity index (χ2v) is 8.63. The van der Waals surface area contributed by atoms with Crippen molar-refractivity contribution in [1.82, 2.24) is 0 Å². The van der Waals surface area contributed by atoms with Gasteiger partial charge in [0.15, 0.2) is 0 Å². The molecule has 9 heteroatoms. The minimum absolute atomic E-state index is 0.0265. The summed E-state index contributed by atoms with van der Waals surface area (Å²) in [6, 6.07) is 18.3. The molecule has 2 N–H and O–H groups in total. The average molecular weight is 466 g/mol. The number of carbonyl (C=O) groups excluding carboxylic acids is 2. The molecule has 0 aromatic heterocycles. The van der Waals surface area contributed by atoms with Gasteiger partial charge in [-0.05, 0) is 67.9 Å². The smallest absolute Gasteiger partial charge is 0.269 e. The third kappa shape index (κ3) is 6.33. The van der Waals surface area contributed by atoms with Gasteiger partial charge in [-0.1, -0.05) is 6.07 Å². The van der Waals surface area contributed by atoms with Crippen molar-refractivity contribution >= 4 is 40.6 Å². The number of non-ortho nitro benzene ring substituents is 1. The van der Waals surface area contributed by atoms with Gasteiger partial charge >= 0.3 is 0 Å². The van der Waals surface area contributed by atoms with Crippen molar-refractivity contribution in [1.29, 1.82) is 0 Å². The molecule has 3 aromatic rings. The summed E-state index contributed by atoms with van der Waals surface area (Å²) >= 11 is 1.34. The summed E-state index contributed by atoms with van der Waals surface area (Å²) in [5, 5.41) is 16.1. The summed E-state index contributed by atoms with van der Waals surface area (Å²) in [6.45, 7) is 3.47. The van der Waals surface area contributed by atoms with Gasteiger partial charge in [-0.3, -0.25) is 19.7 Å². The third-order valence-electron chi connectivity index (χ3n) is 4.80. The van der Waals surface area contributed by atoms with E-state index < -0.39 is 10.2 Å². The van der Waals surface area contributed by atoms with Crippen LogP contribution >= 0.6 is 11.8 Å². The van der Waals surface area contributed by atoms with Crippen molar-refractivity contribution in [3.8, 4) is 5.75 Å². The Morgan fingerprint density at radius 3 is 2.39 bits per heavy atom. The maximum Gasteiger partial charge on any atom is 0.269 e. The predicted molar refractivity (Wildman–Crippen MR) is 129 cm³/mol. The van der Waals surface area contributed by atoms with E-state index in [9.17, 15) is 19.7 Å². The lowest BCUT2D eigenvalue weighted by Gasteiger charge is -2.14. The minimum atomic E-state index is -0.475. The van der Waals surface area contributed by atoms with Crippen molar-refractivity contribution in [3.63, 3.8) is 0 Å². The Labute approximate surface area is 195 Å². The number of hydrogen-bond acceptors (Lipinski definition) is 6. The Morgan fingerprint density at radius 1 is 1.03 bits per heavy atom. The number of nitrogens with one attached hydrogen (secondary N) is 2. The Morgan fingerprint density at radius 2 is 1.76 bits per heavy atom. The van der Waals surface area contributed by atoms with Crippen LogP contribution in [0.4, 0.5) is 17.1 Å². The number of benzene rings is 3. The first kappa shape index (κ1) is 23.8. The zero-order valence-electron chi connectivity index (χ0n) is 18.3. The number of anilines is 2. The van der Waals surface area contributed by atoms with Crippen molar-refractivity contribution in [2.75, 3.05) is 17.7 Å². The maximum absolute atomic E-state index is 12.6. The van der Waals surface area contributed by atoms with Crippen LogP contribution in [0.1, 0.15) is 22.8 Å². The molecule has 0 aliphatic rings. The Hall–Kier alpha value is -3.85. The molecule has 8 nitrogen and oxygen atoms in total. The van der Waals surface area contributed by atoms with Crippen molar-refractivity contribution < 1.29 is 19.2 Å². The fourth-order valence-corrected chi connectivity index (χ4v) is 3.91. The van der Waals surface area contributed by atoms with E-state index in [2.05, 4.69) is 10.6 Å². The number of ether oxygens (including phenoxy) is 1. The molecule has 0 aliphatic heterocycles. The lowest BCUT2D eigenvalue weighted by Crippen LogP contribution is -2.22. The van der Waals surface area contributed by atoms with Gasteiger partial charge in [0, 0.05) is 34.0 Å². The van der Waals surface area contributed by atoms with E-state index in [4.69, 9.17) is 4.74 Å². The summed E-state index contributed by atoms with van der Waals surface area (Å²) in [5.41, 5.74) is 2.22.